The van der Waals surface area contributed by atoms with Gasteiger partial charge in [0.1, 0.15) is 11.6 Å². The average molecular weight is 314 g/mol. The quantitative estimate of drug-likeness (QED) is 0.841. The van der Waals surface area contributed by atoms with Gasteiger partial charge in [0, 0.05) is 11.5 Å². The third-order valence-corrected chi connectivity index (χ3v) is 3.86. The lowest BCUT2D eigenvalue weighted by Crippen LogP contribution is -2.01. The first-order valence-corrected chi connectivity index (χ1v) is 7.49. The molecule has 1 aliphatic rings. The van der Waals surface area contributed by atoms with Crippen LogP contribution in [0, 0.1) is 0 Å². The third-order valence-electron chi connectivity index (χ3n) is 3.05. The summed E-state index contributed by atoms with van der Waals surface area (Å²) in [5.74, 6) is 0.763. The van der Waals surface area contributed by atoms with Gasteiger partial charge in [-0.2, -0.15) is 4.99 Å². The zero-order valence-electron chi connectivity index (χ0n) is 11.9. The van der Waals surface area contributed by atoms with Gasteiger partial charge in [0.05, 0.1) is 17.0 Å². The van der Waals surface area contributed by atoms with Crippen molar-refractivity contribution >= 4 is 45.6 Å². The van der Waals surface area contributed by atoms with Gasteiger partial charge < -0.3 is 16.2 Å². The number of nitrogens with zero attached hydrogens (tertiary/aromatic N) is 2. The van der Waals surface area contributed by atoms with E-state index in [-0.39, 0.29) is 11.1 Å². The standard InChI is InChI=1S/C15H14N4O2S/c1-2-21-11-7-13(16)18-10-4-3-8(5-9(10)11)6-12-14(20)19-15(17)22-12/h3-7H,2H2,1H3,(H2,16,18)(H2,17,19,20)/b12-6+. The van der Waals surface area contributed by atoms with Crippen LogP contribution in [0.1, 0.15) is 12.5 Å². The van der Waals surface area contributed by atoms with Gasteiger partial charge in [-0.1, -0.05) is 6.07 Å². The molecule has 22 heavy (non-hydrogen) atoms. The number of rotatable bonds is 3. The molecule has 0 saturated carbocycles. The summed E-state index contributed by atoms with van der Waals surface area (Å²) in [6.45, 7) is 2.44. The molecule has 1 aromatic carbocycles. The van der Waals surface area contributed by atoms with Crippen molar-refractivity contribution in [3.63, 3.8) is 0 Å². The second-order valence-electron chi connectivity index (χ2n) is 4.62. The smallest absolute Gasteiger partial charge is 0.286 e. The molecule has 1 amide bonds. The van der Waals surface area contributed by atoms with E-state index in [4.69, 9.17) is 16.2 Å². The Hall–Kier alpha value is -2.54. The zero-order chi connectivity index (χ0) is 15.7. The van der Waals surface area contributed by atoms with Gasteiger partial charge in [-0.15, -0.1) is 0 Å². The maximum Gasteiger partial charge on any atom is 0.286 e. The summed E-state index contributed by atoms with van der Waals surface area (Å²) in [4.78, 5) is 20.1. The number of nitrogen functional groups attached to an aromatic ring is 1. The van der Waals surface area contributed by atoms with Crippen molar-refractivity contribution in [2.45, 2.75) is 6.92 Å². The van der Waals surface area contributed by atoms with Crippen molar-refractivity contribution in [1.82, 2.24) is 4.98 Å². The molecule has 7 heteroatoms. The molecule has 1 aliphatic heterocycles. The fourth-order valence-electron chi connectivity index (χ4n) is 2.17. The topological polar surface area (TPSA) is 104 Å². The molecule has 0 aliphatic carbocycles. The minimum absolute atomic E-state index is 0.265. The predicted molar refractivity (Wildman–Crippen MR) is 89.5 cm³/mol. The second-order valence-corrected chi connectivity index (χ2v) is 5.68. The molecule has 2 heterocycles. The van der Waals surface area contributed by atoms with E-state index in [0.717, 1.165) is 28.2 Å². The summed E-state index contributed by atoms with van der Waals surface area (Å²) in [7, 11) is 0. The first kappa shape index (κ1) is 14.4. The monoisotopic (exact) mass is 314 g/mol. The number of fused-ring (bicyclic) bond motifs is 1. The number of thioether (sulfide) groups is 1. The minimum Gasteiger partial charge on any atom is -0.493 e. The molecular weight excluding hydrogens is 300 g/mol. The van der Waals surface area contributed by atoms with Crippen LogP contribution >= 0.6 is 11.8 Å². The Kier molecular flexibility index (Phi) is 3.72. The van der Waals surface area contributed by atoms with E-state index < -0.39 is 0 Å². The van der Waals surface area contributed by atoms with Crippen molar-refractivity contribution in [3.8, 4) is 5.75 Å². The minimum atomic E-state index is -0.317. The number of carbonyl (C=O) groups is 1. The number of amidine groups is 1. The number of nitrogens with two attached hydrogens (primary N) is 2. The Labute approximate surface area is 131 Å². The number of aliphatic imine (C=N–C) groups is 1. The van der Waals surface area contributed by atoms with Crippen LogP contribution < -0.4 is 16.2 Å². The van der Waals surface area contributed by atoms with Gasteiger partial charge in [0.2, 0.25) is 0 Å². The highest BCUT2D eigenvalue weighted by Gasteiger charge is 2.19. The summed E-state index contributed by atoms with van der Waals surface area (Å²) >= 11 is 1.16. The molecule has 4 N–H and O–H groups in total. The average Bonchev–Trinajstić information content (AvgIpc) is 2.77. The van der Waals surface area contributed by atoms with Crippen LogP contribution in [0.25, 0.3) is 17.0 Å². The Morgan fingerprint density at radius 1 is 1.32 bits per heavy atom. The van der Waals surface area contributed by atoms with Crippen LogP contribution in [0.5, 0.6) is 5.75 Å². The number of benzene rings is 1. The van der Waals surface area contributed by atoms with Gasteiger partial charge in [-0.25, -0.2) is 4.98 Å². The molecule has 1 aromatic heterocycles. The van der Waals surface area contributed by atoms with Gasteiger partial charge in [-0.3, -0.25) is 4.79 Å². The number of pyridine rings is 1. The van der Waals surface area contributed by atoms with Crippen LogP contribution in [0.3, 0.4) is 0 Å². The van der Waals surface area contributed by atoms with E-state index in [1.165, 1.54) is 0 Å². The van der Waals surface area contributed by atoms with Crippen molar-refractivity contribution in [2.24, 2.45) is 10.7 Å². The number of ether oxygens (including phenoxy) is 1. The lowest BCUT2D eigenvalue weighted by molar-refractivity contribution is -0.113. The Bertz CT molecular complexity index is 830. The fraction of sp³-hybridized carbons (Fsp3) is 0.133. The Morgan fingerprint density at radius 3 is 2.82 bits per heavy atom. The lowest BCUT2D eigenvalue weighted by atomic mass is 10.1. The van der Waals surface area contributed by atoms with E-state index >= 15 is 0 Å². The summed E-state index contributed by atoms with van der Waals surface area (Å²) in [6, 6.07) is 7.30. The van der Waals surface area contributed by atoms with Crippen LogP contribution in [0.15, 0.2) is 34.2 Å². The number of carbonyl (C=O) groups excluding carboxylic acids is 1. The highest BCUT2D eigenvalue weighted by molar-refractivity contribution is 8.18. The highest BCUT2D eigenvalue weighted by Crippen LogP contribution is 2.30. The maximum atomic E-state index is 11.7. The molecule has 112 valence electrons. The summed E-state index contributed by atoms with van der Waals surface area (Å²) < 4.78 is 5.61. The van der Waals surface area contributed by atoms with E-state index in [1.807, 2.05) is 25.1 Å². The predicted octanol–water partition coefficient (Wildman–Crippen LogP) is 2.14. The molecule has 0 fully saturated rings. The largest absolute Gasteiger partial charge is 0.493 e. The van der Waals surface area contributed by atoms with Crippen molar-refractivity contribution < 1.29 is 9.53 Å². The Morgan fingerprint density at radius 2 is 2.14 bits per heavy atom. The van der Waals surface area contributed by atoms with E-state index in [0.29, 0.717) is 23.1 Å². The molecule has 0 saturated heterocycles. The summed E-state index contributed by atoms with van der Waals surface area (Å²) in [5.41, 5.74) is 12.9. The zero-order valence-corrected chi connectivity index (χ0v) is 12.7. The maximum absolute atomic E-state index is 11.7. The molecule has 6 nitrogen and oxygen atoms in total. The molecule has 2 aromatic rings. The number of hydrogen-bond acceptors (Lipinski definition) is 6. The van der Waals surface area contributed by atoms with Gasteiger partial charge in [0.15, 0.2) is 5.17 Å². The number of aromatic nitrogens is 1. The van der Waals surface area contributed by atoms with E-state index in [1.54, 1.807) is 12.1 Å². The summed E-state index contributed by atoms with van der Waals surface area (Å²) in [6.07, 6.45) is 1.75. The first-order chi connectivity index (χ1) is 10.6. The molecule has 0 radical (unpaired) electrons. The molecule has 0 spiro atoms. The van der Waals surface area contributed by atoms with Crippen LogP contribution in [-0.2, 0) is 4.79 Å². The van der Waals surface area contributed by atoms with E-state index in [2.05, 4.69) is 9.98 Å². The van der Waals surface area contributed by atoms with Crippen molar-refractivity contribution in [3.05, 3.63) is 34.7 Å². The van der Waals surface area contributed by atoms with Crippen molar-refractivity contribution in [1.29, 1.82) is 0 Å². The molecule has 0 unspecified atom stereocenters. The molecular formula is C15H14N4O2S. The SMILES string of the molecule is CCOc1cc(N)nc2ccc(/C=C3/SC(N)=NC3=O)cc12. The molecule has 0 bridgehead atoms. The van der Waals surface area contributed by atoms with Gasteiger partial charge >= 0.3 is 0 Å². The van der Waals surface area contributed by atoms with Crippen molar-refractivity contribution in [2.75, 3.05) is 12.3 Å². The normalized spacial score (nSPS) is 16.3. The Balaban J connectivity index is 2.06. The summed E-state index contributed by atoms with van der Waals surface area (Å²) in [5, 5.41) is 1.11. The molecule has 0 atom stereocenters. The lowest BCUT2D eigenvalue weighted by Gasteiger charge is -2.09. The van der Waals surface area contributed by atoms with Crippen LogP contribution in [-0.4, -0.2) is 22.7 Å². The van der Waals surface area contributed by atoms with E-state index in [9.17, 15) is 4.79 Å². The fourth-order valence-corrected chi connectivity index (χ4v) is 2.86. The van der Waals surface area contributed by atoms with Gasteiger partial charge in [0.25, 0.3) is 5.91 Å². The third kappa shape index (κ3) is 2.75. The number of amides is 1. The first-order valence-electron chi connectivity index (χ1n) is 6.68. The number of hydrogen-bond donors (Lipinski definition) is 2. The second kappa shape index (κ2) is 5.69. The highest BCUT2D eigenvalue weighted by atomic mass is 32.2. The molecule has 3 rings (SSSR count). The van der Waals surface area contributed by atoms with Gasteiger partial charge in [-0.05, 0) is 42.5 Å². The number of anilines is 1. The van der Waals surface area contributed by atoms with Crippen LogP contribution in [0.2, 0.25) is 0 Å². The van der Waals surface area contributed by atoms with Crippen LogP contribution in [0.4, 0.5) is 5.82 Å².